The molecule has 1 aliphatic carbocycles. The lowest BCUT2D eigenvalue weighted by Gasteiger charge is -2.36. The van der Waals surface area contributed by atoms with Crippen molar-refractivity contribution in [3.05, 3.63) is 11.6 Å². The van der Waals surface area contributed by atoms with Crippen LogP contribution in [0.3, 0.4) is 0 Å². The quantitative estimate of drug-likeness (QED) is 0.602. The first kappa shape index (κ1) is 16.6. The monoisotopic (exact) mass is 285 g/mol. The number of carbonyl (C=O) groups excluding carboxylic acids is 1. The molecule has 0 bridgehead atoms. The smallest absolute Gasteiger partial charge is 0.323 e. The number of rotatable bonds is 6. The third kappa shape index (κ3) is 5.19. The summed E-state index contributed by atoms with van der Waals surface area (Å²) in [5, 5.41) is 0. The van der Waals surface area contributed by atoms with E-state index in [1.165, 1.54) is 18.4 Å². The van der Waals surface area contributed by atoms with Gasteiger partial charge in [-0.15, -0.1) is 0 Å². The van der Waals surface area contributed by atoms with Gasteiger partial charge in [0.05, 0.1) is 6.61 Å². The van der Waals surface area contributed by atoms with E-state index < -0.39 is 6.04 Å². The second kappa shape index (κ2) is 7.34. The van der Waals surface area contributed by atoms with Crippen LogP contribution in [0, 0.1) is 5.92 Å². The first-order valence-electron chi connectivity index (χ1n) is 7.08. The first-order chi connectivity index (χ1) is 8.86. The molecule has 1 aliphatic rings. The van der Waals surface area contributed by atoms with Gasteiger partial charge in [-0.3, -0.25) is 4.79 Å². The van der Waals surface area contributed by atoms with Crippen molar-refractivity contribution in [2.24, 2.45) is 11.7 Å². The number of carbonyl (C=O) groups is 1. The number of nitrogens with two attached hydrogens (primary N) is 1. The van der Waals surface area contributed by atoms with E-state index in [-0.39, 0.29) is 10.7 Å². The van der Waals surface area contributed by atoms with Gasteiger partial charge >= 0.3 is 5.97 Å². The van der Waals surface area contributed by atoms with Gasteiger partial charge in [0.1, 0.15) is 6.04 Å². The molecule has 1 unspecified atom stereocenters. The molecular formula is C15H27NO2S. The van der Waals surface area contributed by atoms with Crippen LogP contribution in [0.25, 0.3) is 0 Å². The number of ether oxygens (including phenoxy) is 1. The molecule has 1 rings (SSSR count). The second-order valence-corrected chi connectivity index (χ2v) is 7.47. The van der Waals surface area contributed by atoms with Crippen LogP contribution in [-0.4, -0.2) is 29.1 Å². The molecule has 0 aromatic carbocycles. The summed E-state index contributed by atoms with van der Waals surface area (Å²) in [6.07, 6.45) is 5.91. The Bertz CT molecular complexity index is 339. The van der Waals surface area contributed by atoms with Gasteiger partial charge in [-0.25, -0.2) is 0 Å². The fourth-order valence-corrected chi connectivity index (χ4v) is 3.53. The van der Waals surface area contributed by atoms with Gasteiger partial charge in [-0.1, -0.05) is 25.5 Å². The summed E-state index contributed by atoms with van der Waals surface area (Å²) in [6, 6.07) is -0.509. The Morgan fingerprint density at radius 3 is 2.84 bits per heavy atom. The number of hydrogen-bond donors (Lipinski definition) is 1. The largest absolute Gasteiger partial charge is 0.465 e. The molecule has 4 heteroatoms. The molecular weight excluding hydrogens is 258 g/mol. The Morgan fingerprint density at radius 2 is 2.32 bits per heavy atom. The van der Waals surface area contributed by atoms with Gasteiger partial charge in [-0.05, 0) is 39.0 Å². The summed E-state index contributed by atoms with van der Waals surface area (Å²) < 4.78 is 5.10. The normalized spacial score (nSPS) is 21.7. The SMILES string of the molecule is CCOC(=O)[C@@H](N)CSC(C)(C)C1CC=C(C)CC1. The molecule has 0 spiro atoms. The highest BCUT2D eigenvalue weighted by Gasteiger charge is 2.31. The van der Waals surface area contributed by atoms with Crippen LogP contribution in [0.15, 0.2) is 11.6 Å². The molecule has 0 fully saturated rings. The molecule has 0 saturated heterocycles. The third-order valence-corrected chi connectivity index (χ3v) is 5.45. The highest BCUT2D eigenvalue weighted by atomic mass is 32.2. The van der Waals surface area contributed by atoms with Crippen molar-refractivity contribution < 1.29 is 9.53 Å². The van der Waals surface area contributed by atoms with E-state index in [1.807, 2.05) is 0 Å². The molecule has 2 N–H and O–H groups in total. The fraction of sp³-hybridized carbons (Fsp3) is 0.800. The van der Waals surface area contributed by atoms with Crippen LogP contribution in [0.1, 0.15) is 47.0 Å². The van der Waals surface area contributed by atoms with Gasteiger partial charge in [0.25, 0.3) is 0 Å². The van der Waals surface area contributed by atoms with E-state index in [2.05, 4.69) is 26.8 Å². The van der Waals surface area contributed by atoms with Gasteiger partial charge in [0.2, 0.25) is 0 Å². The van der Waals surface area contributed by atoms with E-state index in [0.717, 1.165) is 6.42 Å². The van der Waals surface area contributed by atoms with Crippen molar-refractivity contribution in [3.63, 3.8) is 0 Å². The number of thioether (sulfide) groups is 1. The minimum atomic E-state index is -0.509. The zero-order valence-electron chi connectivity index (χ0n) is 12.6. The van der Waals surface area contributed by atoms with Crippen molar-refractivity contribution >= 4 is 17.7 Å². The molecule has 0 amide bonds. The number of hydrogen-bond acceptors (Lipinski definition) is 4. The Morgan fingerprint density at radius 1 is 1.63 bits per heavy atom. The maximum Gasteiger partial charge on any atom is 0.323 e. The highest BCUT2D eigenvalue weighted by Crippen LogP contribution is 2.40. The fourth-order valence-electron chi connectivity index (χ4n) is 2.34. The van der Waals surface area contributed by atoms with Crippen molar-refractivity contribution in [3.8, 4) is 0 Å². The van der Waals surface area contributed by atoms with Crippen LogP contribution in [0.5, 0.6) is 0 Å². The van der Waals surface area contributed by atoms with Crippen molar-refractivity contribution in [1.82, 2.24) is 0 Å². The standard InChI is InChI=1S/C15H27NO2S/c1-5-18-14(17)13(16)10-19-15(3,4)12-8-6-11(2)7-9-12/h6,12-13H,5,7-10,16H2,1-4H3/t12?,13-/m0/s1. The summed E-state index contributed by atoms with van der Waals surface area (Å²) in [6.45, 7) is 8.92. The second-order valence-electron chi connectivity index (χ2n) is 5.79. The maximum atomic E-state index is 11.5. The Labute approximate surface area is 121 Å². The summed E-state index contributed by atoms with van der Waals surface area (Å²) >= 11 is 1.79. The van der Waals surface area contributed by atoms with Gasteiger partial charge < -0.3 is 10.5 Å². The molecule has 0 saturated carbocycles. The van der Waals surface area contributed by atoms with E-state index in [1.54, 1.807) is 18.7 Å². The summed E-state index contributed by atoms with van der Waals surface area (Å²) in [4.78, 5) is 11.5. The summed E-state index contributed by atoms with van der Waals surface area (Å²) in [7, 11) is 0. The molecule has 19 heavy (non-hydrogen) atoms. The van der Waals surface area contributed by atoms with Gasteiger partial charge in [0.15, 0.2) is 0 Å². The van der Waals surface area contributed by atoms with Crippen molar-refractivity contribution in [2.45, 2.75) is 57.7 Å². The molecule has 0 aliphatic heterocycles. The summed E-state index contributed by atoms with van der Waals surface area (Å²) in [5.74, 6) is 1.01. The molecule has 110 valence electrons. The lowest BCUT2D eigenvalue weighted by molar-refractivity contribution is -0.144. The van der Waals surface area contributed by atoms with Gasteiger partial charge in [-0.2, -0.15) is 11.8 Å². The van der Waals surface area contributed by atoms with Crippen LogP contribution in [0.2, 0.25) is 0 Å². The zero-order valence-corrected chi connectivity index (χ0v) is 13.4. The molecule has 0 aromatic rings. The van der Waals surface area contributed by atoms with E-state index in [4.69, 9.17) is 10.5 Å². The lowest BCUT2D eigenvalue weighted by Crippen LogP contribution is -2.38. The number of allylic oxidation sites excluding steroid dienone is 2. The topological polar surface area (TPSA) is 52.3 Å². The predicted octanol–water partition coefficient (Wildman–Crippen LogP) is 3.14. The third-order valence-electron chi connectivity index (χ3n) is 3.85. The van der Waals surface area contributed by atoms with Crippen LogP contribution in [0.4, 0.5) is 0 Å². The highest BCUT2D eigenvalue weighted by molar-refractivity contribution is 8.00. The van der Waals surface area contributed by atoms with Crippen molar-refractivity contribution in [2.75, 3.05) is 12.4 Å². The lowest BCUT2D eigenvalue weighted by atomic mass is 9.82. The Balaban J connectivity index is 2.44. The molecule has 2 atom stereocenters. The Kier molecular flexibility index (Phi) is 6.40. The van der Waals surface area contributed by atoms with E-state index in [0.29, 0.717) is 18.3 Å². The minimum absolute atomic E-state index is 0.154. The minimum Gasteiger partial charge on any atom is -0.465 e. The maximum absolute atomic E-state index is 11.5. The number of esters is 1. The summed E-state index contributed by atoms with van der Waals surface area (Å²) in [5.41, 5.74) is 7.36. The van der Waals surface area contributed by atoms with Gasteiger partial charge in [0, 0.05) is 10.5 Å². The predicted molar refractivity (Wildman–Crippen MR) is 82.2 cm³/mol. The molecule has 0 aromatic heterocycles. The van der Waals surface area contributed by atoms with Crippen LogP contribution < -0.4 is 5.73 Å². The molecule has 0 heterocycles. The van der Waals surface area contributed by atoms with Crippen molar-refractivity contribution in [1.29, 1.82) is 0 Å². The average Bonchev–Trinajstić information content (AvgIpc) is 2.37. The average molecular weight is 285 g/mol. The van der Waals surface area contributed by atoms with E-state index >= 15 is 0 Å². The van der Waals surface area contributed by atoms with Crippen LogP contribution >= 0.6 is 11.8 Å². The first-order valence-corrected chi connectivity index (χ1v) is 8.07. The molecule has 0 radical (unpaired) electrons. The Hall–Kier alpha value is -0.480. The van der Waals surface area contributed by atoms with Crippen LogP contribution in [-0.2, 0) is 9.53 Å². The molecule has 3 nitrogen and oxygen atoms in total. The van der Waals surface area contributed by atoms with E-state index in [9.17, 15) is 4.79 Å². The zero-order chi connectivity index (χ0) is 14.5.